The van der Waals surface area contributed by atoms with Gasteiger partial charge in [-0.2, -0.15) is 0 Å². The van der Waals surface area contributed by atoms with E-state index in [0.29, 0.717) is 35.7 Å². The van der Waals surface area contributed by atoms with E-state index in [0.717, 1.165) is 0 Å². The first-order chi connectivity index (χ1) is 7.70. The zero-order valence-corrected chi connectivity index (χ0v) is 9.03. The summed E-state index contributed by atoms with van der Waals surface area (Å²) in [5.41, 5.74) is 6.70. The van der Waals surface area contributed by atoms with Crippen molar-refractivity contribution in [3.63, 3.8) is 0 Å². The van der Waals surface area contributed by atoms with E-state index in [2.05, 4.69) is 4.98 Å². The first-order valence-electron chi connectivity index (χ1n) is 5.12. The maximum Gasteiger partial charge on any atom is 0.196 e. The van der Waals surface area contributed by atoms with E-state index in [4.69, 9.17) is 10.2 Å². The number of oxazole rings is 1. The normalized spacial score (nSPS) is 10.7. The summed E-state index contributed by atoms with van der Waals surface area (Å²) in [4.78, 5) is 4.07. The molecule has 2 aromatic rings. The third-order valence-electron chi connectivity index (χ3n) is 2.37. The van der Waals surface area contributed by atoms with E-state index in [1.165, 1.54) is 6.07 Å². The molecule has 0 saturated carbocycles. The molecule has 1 aromatic heterocycles. The molecule has 0 amide bonds. The summed E-state index contributed by atoms with van der Waals surface area (Å²) in [6.45, 7) is 2.21. The van der Waals surface area contributed by atoms with Gasteiger partial charge in [-0.15, -0.1) is 0 Å². The van der Waals surface area contributed by atoms with Crippen molar-refractivity contribution in [3.05, 3.63) is 41.7 Å². The van der Waals surface area contributed by atoms with Gasteiger partial charge in [0.05, 0.1) is 6.20 Å². The van der Waals surface area contributed by atoms with Crippen LogP contribution in [0.1, 0.15) is 11.5 Å². The van der Waals surface area contributed by atoms with Gasteiger partial charge >= 0.3 is 0 Å². The van der Waals surface area contributed by atoms with Gasteiger partial charge in [0.2, 0.25) is 0 Å². The summed E-state index contributed by atoms with van der Waals surface area (Å²) in [5, 5.41) is 0. The molecule has 0 saturated heterocycles. The van der Waals surface area contributed by atoms with Crippen molar-refractivity contribution < 1.29 is 8.81 Å². The van der Waals surface area contributed by atoms with Crippen LogP contribution in [0.2, 0.25) is 0 Å². The van der Waals surface area contributed by atoms with Gasteiger partial charge in [0.1, 0.15) is 5.82 Å². The van der Waals surface area contributed by atoms with Gasteiger partial charge in [0.25, 0.3) is 0 Å². The zero-order valence-electron chi connectivity index (χ0n) is 9.03. The predicted octanol–water partition coefficient (Wildman–Crippen LogP) is 2.29. The number of nitrogens with two attached hydrogens (primary N) is 1. The van der Waals surface area contributed by atoms with E-state index < -0.39 is 0 Å². The third-order valence-corrected chi connectivity index (χ3v) is 2.37. The molecule has 1 heterocycles. The van der Waals surface area contributed by atoms with Crippen molar-refractivity contribution in [3.8, 4) is 11.3 Å². The lowest BCUT2D eigenvalue weighted by atomic mass is 10.1. The van der Waals surface area contributed by atoms with Crippen LogP contribution in [0.15, 0.2) is 28.8 Å². The van der Waals surface area contributed by atoms with Gasteiger partial charge in [-0.3, -0.25) is 0 Å². The average molecular weight is 220 g/mol. The maximum absolute atomic E-state index is 13.3. The fourth-order valence-electron chi connectivity index (χ4n) is 1.43. The molecule has 0 aliphatic heterocycles. The Bertz CT molecular complexity index is 494. The highest BCUT2D eigenvalue weighted by Crippen LogP contribution is 2.22. The SMILES string of the molecule is Cc1ccc(-c2cnc(CCN)o2)cc1F. The van der Waals surface area contributed by atoms with Gasteiger partial charge in [0, 0.05) is 18.5 Å². The van der Waals surface area contributed by atoms with E-state index in [-0.39, 0.29) is 5.82 Å². The van der Waals surface area contributed by atoms with Crippen LogP contribution in [0, 0.1) is 12.7 Å². The van der Waals surface area contributed by atoms with E-state index in [1.807, 2.05) is 6.07 Å². The molecule has 0 radical (unpaired) electrons. The fraction of sp³-hybridized carbons (Fsp3) is 0.250. The number of nitrogens with zero attached hydrogens (tertiary/aromatic N) is 1. The minimum Gasteiger partial charge on any atom is -0.441 e. The number of rotatable bonds is 3. The molecule has 2 rings (SSSR count). The Kier molecular flexibility index (Phi) is 3.01. The monoisotopic (exact) mass is 220 g/mol. The molecule has 84 valence electrons. The smallest absolute Gasteiger partial charge is 0.196 e. The van der Waals surface area contributed by atoms with Gasteiger partial charge < -0.3 is 10.2 Å². The zero-order chi connectivity index (χ0) is 11.5. The molecule has 1 aromatic carbocycles. The second-order valence-electron chi connectivity index (χ2n) is 3.62. The minimum atomic E-state index is -0.241. The molecular weight excluding hydrogens is 207 g/mol. The van der Waals surface area contributed by atoms with Crippen molar-refractivity contribution in [1.29, 1.82) is 0 Å². The largest absolute Gasteiger partial charge is 0.441 e. The number of aryl methyl sites for hydroxylation is 1. The van der Waals surface area contributed by atoms with Crippen LogP contribution in [-0.4, -0.2) is 11.5 Å². The number of hydrogen-bond acceptors (Lipinski definition) is 3. The lowest BCUT2D eigenvalue weighted by molar-refractivity contribution is 0.507. The number of aromatic nitrogens is 1. The standard InChI is InChI=1S/C12H13FN2O/c1-8-2-3-9(6-10(8)13)11-7-15-12(16-11)4-5-14/h2-3,6-7H,4-5,14H2,1H3. The number of benzene rings is 1. The first kappa shape index (κ1) is 10.8. The molecule has 0 aliphatic carbocycles. The highest BCUT2D eigenvalue weighted by Gasteiger charge is 2.07. The average Bonchev–Trinajstić information content (AvgIpc) is 2.71. The Morgan fingerprint density at radius 1 is 1.44 bits per heavy atom. The summed E-state index contributed by atoms with van der Waals surface area (Å²) >= 11 is 0. The second-order valence-corrected chi connectivity index (χ2v) is 3.62. The molecule has 2 N–H and O–H groups in total. The Hall–Kier alpha value is -1.68. The summed E-state index contributed by atoms with van der Waals surface area (Å²) in [6.07, 6.45) is 2.18. The summed E-state index contributed by atoms with van der Waals surface area (Å²) < 4.78 is 18.8. The van der Waals surface area contributed by atoms with Crippen molar-refractivity contribution >= 4 is 0 Å². The third kappa shape index (κ3) is 2.12. The lowest BCUT2D eigenvalue weighted by Gasteiger charge is -1.99. The van der Waals surface area contributed by atoms with Crippen molar-refractivity contribution in [1.82, 2.24) is 4.98 Å². The van der Waals surface area contributed by atoms with Crippen LogP contribution in [-0.2, 0) is 6.42 Å². The van der Waals surface area contributed by atoms with Gasteiger partial charge in [0.15, 0.2) is 11.7 Å². The Morgan fingerprint density at radius 2 is 2.25 bits per heavy atom. The topological polar surface area (TPSA) is 52.0 Å². The van der Waals surface area contributed by atoms with Gasteiger partial charge in [-0.1, -0.05) is 12.1 Å². The molecular formula is C12H13FN2O. The van der Waals surface area contributed by atoms with E-state index >= 15 is 0 Å². The van der Waals surface area contributed by atoms with Crippen LogP contribution < -0.4 is 5.73 Å². The summed E-state index contributed by atoms with van der Waals surface area (Å²) in [7, 11) is 0. The van der Waals surface area contributed by atoms with Crippen LogP contribution in [0.25, 0.3) is 11.3 Å². The lowest BCUT2D eigenvalue weighted by Crippen LogP contribution is -2.02. The second kappa shape index (κ2) is 4.45. The number of halogens is 1. The van der Waals surface area contributed by atoms with Crippen molar-refractivity contribution in [2.24, 2.45) is 5.73 Å². The maximum atomic E-state index is 13.3. The Balaban J connectivity index is 2.31. The first-order valence-corrected chi connectivity index (χ1v) is 5.12. The predicted molar refractivity (Wildman–Crippen MR) is 59.4 cm³/mol. The Labute approximate surface area is 93.1 Å². The highest BCUT2D eigenvalue weighted by molar-refractivity contribution is 5.56. The van der Waals surface area contributed by atoms with Gasteiger partial charge in [-0.05, 0) is 18.6 Å². The Morgan fingerprint density at radius 3 is 2.94 bits per heavy atom. The quantitative estimate of drug-likeness (QED) is 0.863. The number of hydrogen-bond donors (Lipinski definition) is 1. The molecule has 0 bridgehead atoms. The summed E-state index contributed by atoms with van der Waals surface area (Å²) in [6, 6.07) is 4.98. The summed E-state index contributed by atoms with van der Waals surface area (Å²) in [5.74, 6) is 0.912. The molecule has 0 unspecified atom stereocenters. The molecule has 0 atom stereocenters. The fourth-order valence-corrected chi connectivity index (χ4v) is 1.43. The van der Waals surface area contributed by atoms with Crippen LogP contribution in [0.3, 0.4) is 0 Å². The van der Waals surface area contributed by atoms with E-state index in [1.54, 1.807) is 19.2 Å². The van der Waals surface area contributed by atoms with Crippen molar-refractivity contribution in [2.75, 3.05) is 6.54 Å². The minimum absolute atomic E-state index is 0.241. The van der Waals surface area contributed by atoms with Crippen LogP contribution in [0.4, 0.5) is 4.39 Å². The molecule has 0 fully saturated rings. The highest BCUT2D eigenvalue weighted by atomic mass is 19.1. The molecule has 16 heavy (non-hydrogen) atoms. The molecule has 0 aliphatic rings. The van der Waals surface area contributed by atoms with Gasteiger partial charge in [-0.25, -0.2) is 9.37 Å². The van der Waals surface area contributed by atoms with Crippen LogP contribution in [0.5, 0.6) is 0 Å². The van der Waals surface area contributed by atoms with Crippen LogP contribution >= 0.6 is 0 Å². The molecule has 3 nitrogen and oxygen atoms in total. The van der Waals surface area contributed by atoms with E-state index in [9.17, 15) is 4.39 Å². The molecule has 4 heteroatoms. The van der Waals surface area contributed by atoms with Crippen molar-refractivity contribution in [2.45, 2.75) is 13.3 Å². The molecule has 0 spiro atoms.